The number of ether oxygens (including phenoxy) is 1. The molecule has 0 fully saturated rings. The van der Waals surface area contributed by atoms with Gasteiger partial charge in [0.1, 0.15) is 5.75 Å². The van der Waals surface area contributed by atoms with Crippen molar-refractivity contribution >= 4 is 22.0 Å². The van der Waals surface area contributed by atoms with Gasteiger partial charge in [0.25, 0.3) is 0 Å². The quantitative estimate of drug-likeness (QED) is 0.867. The predicted octanol–water partition coefficient (Wildman–Crippen LogP) is 1.59. The summed E-state index contributed by atoms with van der Waals surface area (Å²) in [4.78, 5) is 13.0. The topological polar surface area (TPSA) is 61.8 Å². The van der Waals surface area contributed by atoms with Crippen LogP contribution in [0.2, 0.25) is 0 Å². The normalized spacial score (nSPS) is 10.0. The Labute approximate surface area is 115 Å². The van der Waals surface area contributed by atoms with Crippen LogP contribution in [0.1, 0.15) is 5.56 Å². The first-order chi connectivity index (χ1) is 8.58. The molecule has 0 bridgehead atoms. The molecular formula is C12H17BrN2O3. The Hall–Kier alpha value is -1.27. The van der Waals surface area contributed by atoms with Crippen molar-refractivity contribution in [2.75, 3.05) is 27.3 Å². The lowest BCUT2D eigenvalue weighted by Crippen LogP contribution is -2.38. The van der Waals surface area contributed by atoms with Crippen molar-refractivity contribution in [2.45, 2.75) is 6.54 Å². The van der Waals surface area contributed by atoms with Crippen molar-refractivity contribution in [1.29, 1.82) is 0 Å². The molecule has 2 amide bonds. The van der Waals surface area contributed by atoms with E-state index in [9.17, 15) is 4.79 Å². The second kappa shape index (κ2) is 7.23. The molecule has 1 aromatic carbocycles. The standard InChI is InChI=1S/C12H17BrN2O3/c1-15(5-6-16)12(17)14-8-9-3-4-11(18-2)10(13)7-9/h3-4,7,16H,5-6,8H2,1-2H3,(H,14,17). The van der Waals surface area contributed by atoms with Gasteiger partial charge < -0.3 is 20.1 Å². The van der Waals surface area contributed by atoms with Crippen LogP contribution in [0.5, 0.6) is 5.75 Å². The van der Waals surface area contributed by atoms with Gasteiger partial charge >= 0.3 is 6.03 Å². The number of benzene rings is 1. The summed E-state index contributed by atoms with van der Waals surface area (Å²) in [7, 11) is 3.24. The summed E-state index contributed by atoms with van der Waals surface area (Å²) in [5.74, 6) is 0.752. The minimum absolute atomic E-state index is 0.0436. The van der Waals surface area contributed by atoms with Crippen molar-refractivity contribution in [3.63, 3.8) is 0 Å². The molecule has 0 spiro atoms. The number of carbonyl (C=O) groups is 1. The SMILES string of the molecule is COc1ccc(CNC(=O)N(C)CCO)cc1Br. The van der Waals surface area contributed by atoms with Gasteiger partial charge in [-0.25, -0.2) is 4.79 Å². The lowest BCUT2D eigenvalue weighted by atomic mass is 10.2. The molecule has 0 saturated carbocycles. The Morgan fingerprint density at radius 1 is 1.56 bits per heavy atom. The molecule has 1 rings (SSSR count). The van der Waals surface area contributed by atoms with Gasteiger partial charge in [0, 0.05) is 20.1 Å². The van der Waals surface area contributed by atoms with Crippen LogP contribution >= 0.6 is 15.9 Å². The summed E-state index contributed by atoms with van der Waals surface area (Å²) in [6.07, 6.45) is 0. The molecule has 6 heteroatoms. The van der Waals surface area contributed by atoms with Gasteiger partial charge in [0.15, 0.2) is 0 Å². The van der Waals surface area contributed by atoms with Crippen LogP contribution in [0.3, 0.4) is 0 Å². The zero-order chi connectivity index (χ0) is 13.5. The lowest BCUT2D eigenvalue weighted by molar-refractivity contribution is 0.190. The maximum Gasteiger partial charge on any atom is 0.317 e. The average Bonchev–Trinajstić information content (AvgIpc) is 2.36. The Balaban J connectivity index is 2.53. The van der Waals surface area contributed by atoms with E-state index in [1.807, 2.05) is 18.2 Å². The van der Waals surface area contributed by atoms with Crippen molar-refractivity contribution in [3.05, 3.63) is 28.2 Å². The zero-order valence-corrected chi connectivity index (χ0v) is 12.0. The zero-order valence-electron chi connectivity index (χ0n) is 10.4. The molecule has 0 aliphatic carbocycles. The molecule has 0 aromatic heterocycles. The average molecular weight is 317 g/mol. The van der Waals surface area contributed by atoms with Crippen LogP contribution in [0, 0.1) is 0 Å². The highest BCUT2D eigenvalue weighted by molar-refractivity contribution is 9.10. The van der Waals surface area contributed by atoms with Crippen molar-refractivity contribution < 1.29 is 14.6 Å². The first-order valence-electron chi connectivity index (χ1n) is 5.50. The third-order valence-electron chi connectivity index (χ3n) is 2.44. The van der Waals surface area contributed by atoms with E-state index in [-0.39, 0.29) is 12.6 Å². The highest BCUT2D eigenvalue weighted by atomic mass is 79.9. The van der Waals surface area contributed by atoms with E-state index >= 15 is 0 Å². The molecule has 100 valence electrons. The number of amides is 2. The Kier molecular flexibility index (Phi) is 5.94. The number of halogens is 1. The van der Waals surface area contributed by atoms with Gasteiger partial charge in [-0.3, -0.25) is 0 Å². The smallest absolute Gasteiger partial charge is 0.317 e. The number of hydrogen-bond acceptors (Lipinski definition) is 3. The lowest BCUT2D eigenvalue weighted by Gasteiger charge is -2.16. The van der Waals surface area contributed by atoms with E-state index in [2.05, 4.69) is 21.2 Å². The van der Waals surface area contributed by atoms with Crippen LogP contribution in [0.25, 0.3) is 0 Å². The van der Waals surface area contributed by atoms with Gasteiger partial charge in [0.2, 0.25) is 0 Å². The number of hydrogen-bond donors (Lipinski definition) is 2. The fraction of sp³-hybridized carbons (Fsp3) is 0.417. The summed E-state index contributed by atoms with van der Waals surface area (Å²) < 4.78 is 5.97. The Morgan fingerprint density at radius 2 is 2.28 bits per heavy atom. The number of rotatable bonds is 5. The van der Waals surface area contributed by atoms with Gasteiger partial charge in [-0.05, 0) is 33.6 Å². The van der Waals surface area contributed by atoms with Crippen molar-refractivity contribution in [3.8, 4) is 5.75 Å². The van der Waals surface area contributed by atoms with E-state index in [1.165, 1.54) is 4.90 Å². The van der Waals surface area contributed by atoms with Crippen LogP contribution in [0.4, 0.5) is 4.79 Å². The minimum Gasteiger partial charge on any atom is -0.496 e. The van der Waals surface area contributed by atoms with E-state index in [4.69, 9.17) is 9.84 Å². The number of likely N-dealkylation sites (N-methyl/N-ethyl adjacent to an activating group) is 1. The van der Waals surface area contributed by atoms with E-state index in [0.717, 1.165) is 15.8 Å². The van der Waals surface area contributed by atoms with Gasteiger partial charge in [-0.2, -0.15) is 0 Å². The molecule has 0 unspecified atom stereocenters. The van der Waals surface area contributed by atoms with Gasteiger partial charge in [-0.15, -0.1) is 0 Å². The van der Waals surface area contributed by atoms with Crippen LogP contribution in [0.15, 0.2) is 22.7 Å². The first-order valence-corrected chi connectivity index (χ1v) is 6.30. The summed E-state index contributed by atoms with van der Waals surface area (Å²) in [5.41, 5.74) is 0.966. The van der Waals surface area contributed by atoms with Crippen molar-refractivity contribution in [2.24, 2.45) is 0 Å². The Bertz CT molecular complexity index is 412. The molecule has 18 heavy (non-hydrogen) atoms. The number of aliphatic hydroxyl groups is 1. The fourth-order valence-electron chi connectivity index (χ4n) is 1.38. The summed E-state index contributed by atoms with van der Waals surface area (Å²) in [6.45, 7) is 0.702. The predicted molar refractivity (Wildman–Crippen MR) is 72.6 cm³/mol. The molecule has 5 nitrogen and oxygen atoms in total. The number of methoxy groups -OCH3 is 1. The molecule has 1 aromatic rings. The molecule has 0 saturated heterocycles. The number of carbonyl (C=O) groups excluding carboxylic acids is 1. The number of urea groups is 1. The van der Waals surface area contributed by atoms with E-state index in [1.54, 1.807) is 14.2 Å². The number of nitrogens with one attached hydrogen (secondary N) is 1. The third-order valence-corrected chi connectivity index (χ3v) is 3.06. The summed E-state index contributed by atoms with van der Waals surface area (Å²) in [5, 5.41) is 11.5. The molecule has 0 atom stereocenters. The van der Waals surface area contributed by atoms with Gasteiger partial charge in [-0.1, -0.05) is 6.07 Å². The second-order valence-electron chi connectivity index (χ2n) is 3.77. The second-order valence-corrected chi connectivity index (χ2v) is 4.63. The summed E-state index contributed by atoms with van der Waals surface area (Å²) >= 11 is 3.39. The molecule has 2 N–H and O–H groups in total. The molecule has 0 radical (unpaired) electrons. The first kappa shape index (κ1) is 14.8. The minimum atomic E-state index is -0.212. The number of aliphatic hydroxyl groups excluding tert-OH is 1. The maximum atomic E-state index is 11.6. The molecule has 0 aliphatic heterocycles. The van der Waals surface area contributed by atoms with Crippen LogP contribution in [-0.2, 0) is 6.54 Å². The van der Waals surface area contributed by atoms with Crippen LogP contribution in [-0.4, -0.2) is 43.3 Å². The third kappa shape index (κ3) is 4.19. The Morgan fingerprint density at radius 3 is 2.83 bits per heavy atom. The molecular weight excluding hydrogens is 300 g/mol. The largest absolute Gasteiger partial charge is 0.496 e. The summed E-state index contributed by atoms with van der Waals surface area (Å²) in [6, 6.07) is 5.40. The number of nitrogens with zero attached hydrogens (tertiary/aromatic N) is 1. The van der Waals surface area contributed by atoms with Crippen molar-refractivity contribution in [1.82, 2.24) is 10.2 Å². The maximum absolute atomic E-state index is 11.6. The molecule has 0 aliphatic rings. The monoisotopic (exact) mass is 316 g/mol. The van der Waals surface area contributed by atoms with E-state index < -0.39 is 0 Å². The molecule has 0 heterocycles. The van der Waals surface area contributed by atoms with Crippen LogP contribution < -0.4 is 10.1 Å². The highest BCUT2D eigenvalue weighted by Gasteiger charge is 2.07. The van der Waals surface area contributed by atoms with E-state index in [0.29, 0.717) is 13.1 Å². The highest BCUT2D eigenvalue weighted by Crippen LogP contribution is 2.25. The van der Waals surface area contributed by atoms with Gasteiger partial charge in [0.05, 0.1) is 18.2 Å². The fourth-order valence-corrected chi connectivity index (χ4v) is 1.97.